The molecule has 0 aromatic carbocycles. The van der Waals surface area contributed by atoms with Crippen molar-refractivity contribution >= 4 is 11.6 Å². The Kier molecular flexibility index (Phi) is 3.77. The molecule has 3 nitrogen and oxygen atoms in total. The first-order valence-electron chi connectivity index (χ1n) is 6.42. The van der Waals surface area contributed by atoms with Crippen LogP contribution in [0.2, 0.25) is 0 Å². The second-order valence-corrected chi connectivity index (χ2v) is 4.85. The number of pyridine rings is 1. The van der Waals surface area contributed by atoms with E-state index in [1.165, 1.54) is 12.8 Å². The van der Waals surface area contributed by atoms with Crippen LogP contribution >= 0.6 is 0 Å². The Labute approximate surface area is 103 Å². The lowest BCUT2D eigenvalue weighted by atomic mass is 10.2. The molecule has 3 heteroatoms. The summed E-state index contributed by atoms with van der Waals surface area (Å²) in [6.45, 7) is 5.88. The van der Waals surface area contributed by atoms with Crippen LogP contribution in [-0.4, -0.2) is 23.9 Å². The maximum absolute atomic E-state index is 11.4. The van der Waals surface area contributed by atoms with Crippen LogP contribution in [0.25, 0.3) is 0 Å². The number of hydrogen-bond donors (Lipinski definition) is 0. The standard InChI is InChI=1S/C14H20N2O/c1-3-8-16(10-12-4-5-12)14-9-13(11(2)17)6-7-15-14/h6-7,9,12H,3-5,8,10H2,1-2H3. The largest absolute Gasteiger partial charge is 0.356 e. The molecule has 0 atom stereocenters. The van der Waals surface area contributed by atoms with E-state index in [2.05, 4.69) is 16.8 Å². The molecule has 1 saturated carbocycles. The van der Waals surface area contributed by atoms with Gasteiger partial charge < -0.3 is 4.90 Å². The highest BCUT2D eigenvalue weighted by Gasteiger charge is 2.24. The average molecular weight is 232 g/mol. The van der Waals surface area contributed by atoms with Crippen molar-refractivity contribution in [3.05, 3.63) is 23.9 Å². The fourth-order valence-corrected chi connectivity index (χ4v) is 1.99. The summed E-state index contributed by atoms with van der Waals surface area (Å²) >= 11 is 0. The lowest BCUT2D eigenvalue weighted by Gasteiger charge is -2.23. The molecule has 1 aromatic rings. The number of nitrogens with zero attached hydrogens (tertiary/aromatic N) is 2. The van der Waals surface area contributed by atoms with E-state index >= 15 is 0 Å². The molecule has 1 aromatic heterocycles. The lowest BCUT2D eigenvalue weighted by molar-refractivity contribution is 0.101. The van der Waals surface area contributed by atoms with E-state index in [0.717, 1.165) is 36.8 Å². The number of carbonyl (C=O) groups is 1. The van der Waals surface area contributed by atoms with E-state index in [1.807, 2.05) is 6.07 Å². The van der Waals surface area contributed by atoms with Crippen LogP contribution in [0, 0.1) is 5.92 Å². The molecule has 1 heterocycles. The number of anilines is 1. The van der Waals surface area contributed by atoms with E-state index in [9.17, 15) is 4.79 Å². The van der Waals surface area contributed by atoms with Crippen LogP contribution in [0.15, 0.2) is 18.3 Å². The molecule has 17 heavy (non-hydrogen) atoms. The second-order valence-electron chi connectivity index (χ2n) is 4.85. The number of hydrogen-bond acceptors (Lipinski definition) is 3. The van der Waals surface area contributed by atoms with Crippen LogP contribution in [-0.2, 0) is 0 Å². The summed E-state index contributed by atoms with van der Waals surface area (Å²) in [5.41, 5.74) is 0.756. The van der Waals surface area contributed by atoms with Gasteiger partial charge in [-0.3, -0.25) is 4.79 Å². The Hall–Kier alpha value is -1.38. The molecule has 0 aliphatic heterocycles. The zero-order chi connectivity index (χ0) is 12.3. The Morgan fingerprint density at radius 3 is 2.88 bits per heavy atom. The van der Waals surface area contributed by atoms with Gasteiger partial charge in [0.25, 0.3) is 0 Å². The molecule has 0 N–H and O–H groups in total. The molecule has 2 rings (SSSR count). The van der Waals surface area contributed by atoms with Gasteiger partial charge in [-0.2, -0.15) is 0 Å². The normalized spacial score (nSPS) is 14.7. The van der Waals surface area contributed by atoms with Gasteiger partial charge in [-0.25, -0.2) is 4.98 Å². The summed E-state index contributed by atoms with van der Waals surface area (Å²) in [4.78, 5) is 18.1. The summed E-state index contributed by atoms with van der Waals surface area (Å²) in [5, 5.41) is 0. The van der Waals surface area contributed by atoms with Gasteiger partial charge in [-0.15, -0.1) is 0 Å². The lowest BCUT2D eigenvalue weighted by Crippen LogP contribution is -2.27. The number of ketones is 1. The number of carbonyl (C=O) groups excluding carboxylic acids is 1. The molecule has 92 valence electrons. The van der Waals surface area contributed by atoms with Gasteiger partial charge >= 0.3 is 0 Å². The first-order chi connectivity index (χ1) is 8.20. The topological polar surface area (TPSA) is 33.2 Å². The molecule has 1 aliphatic rings. The van der Waals surface area contributed by atoms with E-state index in [4.69, 9.17) is 0 Å². The molecule has 0 spiro atoms. The smallest absolute Gasteiger partial charge is 0.159 e. The van der Waals surface area contributed by atoms with E-state index in [-0.39, 0.29) is 5.78 Å². The summed E-state index contributed by atoms with van der Waals surface area (Å²) < 4.78 is 0. The minimum atomic E-state index is 0.108. The van der Waals surface area contributed by atoms with Crippen molar-refractivity contribution in [3.63, 3.8) is 0 Å². The van der Waals surface area contributed by atoms with Crippen molar-refractivity contribution in [2.75, 3.05) is 18.0 Å². The Morgan fingerprint density at radius 2 is 2.29 bits per heavy atom. The van der Waals surface area contributed by atoms with Crippen LogP contribution in [0.1, 0.15) is 43.5 Å². The minimum Gasteiger partial charge on any atom is -0.356 e. The number of Topliss-reactive ketones (excluding diaryl/α,β-unsaturated/α-hetero) is 1. The maximum Gasteiger partial charge on any atom is 0.159 e. The molecule has 0 radical (unpaired) electrons. The molecule has 0 bridgehead atoms. The summed E-state index contributed by atoms with van der Waals surface area (Å²) in [5.74, 6) is 1.90. The van der Waals surface area contributed by atoms with E-state index in [0.29, 0.717) is 0 Å². The van der Waals surface area contributed by atoms with Gasteiger partial charge in [-0.05, 0) is 44.2 Å². The first-order valence-corrected chi connectivity index (χ1v) is 6.42. The van der Waals surface area contributed by atoms with Crippen molar-refractivity contribution < 1.29 is 4.79 Å². The summed E-state index contributed by atoms with van der Waals surface area (Å²) in [7, 11) is 0. The predicted molar refractivity (Wildman–Crippen MR) is 69.5 cm³/mol. The molecule has 0 saturated heterocycles. The van der Waals surface area contributed by atoms with Gasteiger partial charge in [-0.1, -0.05) is 6.92 Å². The van der Waals surface area contributed by atoms with Crippen LogP contribution in [0.5, 0.6) is 0 Å². The Bertz CT molecular complexity index is 399. The first kappa shape index (κ1) is 12.1. The van der Waals surface area contributed by atoms with Gasteiger partial charge in [0.1, 0.15) is 5.82 Å². The highest BCUT2D eigenvalue weighted by molar-refractivity contribution is 5.94. The Morgan fingerprint density at radius 1 is 1.53 bits per heavy atom. The van der Waals surface area contributed by atoms with Gasteiger partial charge in [0.15, 0.2) is 5.78 Å². The zero-order valence-electron chi connectivity index (χ0n) is 10.6. The fourth-order valence-electron chi connectivity index (χ4n) is 1.99. The fraction of sp³-hybridized carbons (Fsp3) is 0.571. The number of aromatic nitrogens is 1. The SMILES string of the molecule is CCCN(CC1CC1)c1cc(C(C)=O)ccn1. The van der Waals surface area contributed by atoms with Crippen molar-refractivity contribution in [1.82, 2.24) is 4.98 Å². The average Bonchev–Trinajstić information content (AvgIpc) is 3.12. The van der Waals surface area contributed by atoms with Crippen molar-refractivity contribution in [3.8, 4) is 0 Å². The van der Waals surface area contributed by atoms with Gasteiger partial charge in [0.05, 0.1) is 0 Å². The maximum atomic E-state index is 11.4. The van der Waals surface area contributed by atoms with Crippen LogP contribution < -0.4 is 4.90 Å². The monoisotopic (exact) mass is 232 g/mol. The molecular formula is C14H20N2O. The third kappa shape index (κ3) is 3.29. The quantitative estimate of drug-likeness (QED) is 0.707. The highest BCUT2D eigenvalue weighted by atomic mass is 16.1. The molecule has 0 unspecified atom stereocenters. The van der Waals surface area contributed by atoms with Crippen LogP contribution in [0.4, 0.5) is 5.82 Å². The van der Waals surface area contributed by atoms with Gasteiger partial charge in [0.2, 0.25) is 0 Å². The summed E-state index contributed by atoms with van der Waals surface area (Å²) in [6, 6.07) is 3.70. The second kappa shape index (κ2) is 5.30. The van der Waals surface area contributed by atoms with Crippen LogP contribution in [0.3, 0.4) is 0 Å². The van der Waals surface area contributed by atoms with Crippen molar-refractivity contribution in [1.29, 1.82) is 0 Å². The third-order valence-corrected chi connectivity index (χ3v) is 3.15. The van der Waals surface area contributed by atoms with Crippen molar-refractivity contribution in [2.24, 2.45) is 5.92 Å². The molecule has 1 aliphatic carbocycles. The summed E-state index contributed by atoms with van der Waals surface area (Å²) in [6.07, 6.45) is 5.53. The van der Waals surface area contributed by atoms with E-state index in [1.54, 1.807) is 19.2 Å². The van der Waals surface area contributed by atoms with Gasteiger partial charge in [0, 0.05) is 24.8 Å². The highest BCUT2D eigenvalue weighted by Crippen LogP contribution is 2.31. The predicted octanol–water partition coefficient (Wildman–Crippen LogP) is 2.91. The van der Waals surface area contributed by atoms with Crippen molar-refractivity contribution in [2.45, 2.75) is 33.1 Å². The third-order valence-electron chi connectivity index (χ3n) is 3.15. The van der Waals surface area contributed by atoms with E-state index < -0.39 is 0 Å². The molecular weight excluding hydrogens is 212 g/mol. The number of rotatable bonds is 6. The molecule has 1 fully saturated rings. The minimum absolute atomic E-state index is 0.108. The Balaban J connectivity index is 2.15. The zero-order valence-corrected chi connectivity index (χ0v) is 10.6. The molecule has 0 amide bonds.